The highest BCUT2D eigenvalue weighted by Crippen LogP contribution is 2.23. The quantitative estimate of drug-likeness (QED) is 0.649. The molecule has 0 saturated heterocycles. The molecule has 6 nitrogen and oxygen atoms in total. The molecule has 1 atom stereocenters. The molecule has 0 aromatic rings. The molecule has 0 unspecified atom stereocenters. The van der Waals surface area contributed by atoms with Gasteiger partial charge in [0.05, 0.1) is 0 Å². The fraction of sp³-hybridized carbons (Fsp3) is 0.769. The van der Waals surface area contributed by atoms with E-state index in [9.17, 15) is 14.4 Å². The van der Waals surface area contributed by atoms with E-state index in [-0.39, 0.29) is 31.1 Å². The molecule has 1 fully saturated rings. The molecular formula is C13H21NO5. The number of carbonyl (C=O) groups excluding carboxylic acids is 1. The maximum absolute atomic E-state index is 11.9. The third kappa shape index (κ3) is 5.72. The van der Waals surface area contributed by atoms with E-state index in [1.54, 1.807) is 0 Å². The summed E-state index contributed by atoms with van der Waals surface area (Å²) in [5.41, 5.74) is 0. The number of hydrogen-bond donors (Lipinski definition) is 3. The zero-order valence-electron chi connectivity index (χ0n) is 10.9. The van der Waals surface area contributed by atoms with Crippen LogP contribution in [0.25, 0.3) is 0 Å². The summed E-state index contributed by atoms with van der Waals surface area (Å²) in [6, 6.07) is -0.978. The standard InChI is InChI=1S/C13H21NO5/c15-11(16)8-4-7-10(13(18)19)14-12(17)9-5-2-1-3-6-9/h9-10H,1-8H2,(H,14,17)(H,15,16)(H,18,19)/t10-/m1/s1. The van der Waals surface area contributed by atoms with Crippen LogP contribution in [-0.2, 0) is 14.4 Å². The number of hydrogen-bond acceptors (Lipinski definition) is 3. The van der Waals surface area contributed by atoms with Crippen molar-refractivity contribution in [1.82, 2.24) is 5.32 Å². The summed E-state index contributed by atoms with van der Waals surface area (Å²) in [7, 11) is 0. The van der Waals surface area contributed by atoms with Gasteiger partial charge in [-0.2, -0.15) is 0 Å². The van der Waals surface area contributed by atoms with Crippen molar-refractivity contribution in [3.05, 3.63) is 0 Å². The summed E-state index contributed by atoms with van der Waals surface area (Å²) in [6.45, 7) is 0. The predicted molar refractivity (Wildman–Crippen MR) is 67.6 cm³/mol. The lowest BCUT2D eigenvalue weighted by molar-refractivity contribution is -0.143. The van der Waals surface area contributed by atoms with E-state index in [1.807, 2.05) is 0 Å². The fourth-order valence-electron chi connectivity index (χ4n) is 2.37. The molecule has 0 aliphatic heterocycles. The second-order valence-electron chi connectivity index (χ2n) is 5.02. The van der Waals surface area contributed by atoms with Gasteiger partial charge in [-0.1, -0.05) is 19.3 Å². The van der Waals surface area contributed by atoms with Gasteiger partial charge in [-0.3, -0.25) is 9.59 Å². The molecule has 0 aromatic carbocycles. The third-order valence-electron chi connectivity index (χ3n) is 3.47. The number of rotatable bonds is 7. The van der Waals surface area contributed by atoms with Gasteiger partial charge in [-0.15, -0.1) is 0 Å². The van der Waals surface area contributed by atoms with Crippen LogP contribution in [0.15, 0.2) is 0 Å². The second-order valence-corrected chi connectivity index (χ2v) is 5.02. The van der Waals surface area contributed by atoms with Crippen LogP contribution in [0.3, 0.4) is 0 Å². The normalized spacial score (nSPS) is 17.7. The minimum atomic E-state index is -1.10. The predicted octanol–water partition coefficient (Wildman–Crippen LogP) is 1.39. The van der Waals surface area contributed by atoms with Gasteiger partial charge in [0.25, 0.3) is 0 Å². The van der Waals surface area contributed by atoms with E-state index < -0.39 is 18.0 Å². The van der Waals surface area contributed by atoms with E-state index in [1.165, 1.54) is 0 Å². The zero-order chi connectivity index (χ0) is 14.3. The Kier molecular flexibility index (Phi) is 6.32. The molecule has 1 aliphatic carbocycles. The number of carboxylic acid groups (broad SMARTS) is 2. The highest BCUT2D eigenvalue weighted by molar-refractivity contribution is 5.85. The SMILES string of the molecule is O=C(O)CCC[C@@H](NC(=O)C1CCCCC1)C(=O)O. The van der Waals surface area contributed by atoms with Gasteiger partial charge in [-0.05, 0) is 25.7 Å². The molecule has 19 heavy (non-hydrogen) atoms. The summed E-state index contributed by atoms with van der Waals surface area (Å²) in [6.07, 6.45) is 5.09. The molecule has 0 bridgehead atoms. The monoisotopic (exact) mass is 271 g/mol. The number of nitrogens with one attached hydrogen (secondary N) is 1. The Balaban J connectivity index is 2.41. The summed E-state index contributed by atoms with van der Waals surface area (Å²) in [4.78, 5) is 33.3. The van der Waals surface area contributed by atoms with Gasteiger partial charge in [0.15, 0.2) is 0 Å². The Labute approximate surface area is 112 Å². The van der Waals surface area contributed by atoms with Crippen LogP contribution in [0.4, 0.5) is 0 Å². The minimum absolute atomic E-state index is 0.0803. The first-order valence-corrected chi connectivity index (χ1v) is 6.75. The van der Waals surface area contributed by atoms with Gasteiger partial charge >= 0.3 is 11.9 Å². The van der Waals surface area contributed by atoms with Crippen LogP contribution < -0.4 is 5.32 Å². The lowest BCUT2D eigenvalue weighted by Crippen LogP contribution is -2.44. The van der Waals surface area contributed by atoms with Crippen molar-refractivity contribution in [2.75, 3.05) is 0 Å². The fourth-order valence-corrected chi connectivity index (χ4v) is 2.37. The van der Waals surface area contributed by atoms with Crippen molar-refractivity contribution < 1.29 is 24.6 Å². The Morgan fingerprint density at radius 2 is 1.74 bits per heavy atom. The van der Waals surface area contributed by atoms with Crippen LogP contribution in [0.2, 0.25) is 0 Å². The summed E-state index contributed by atoms with van der Waals surface area (Å²) >= 11 is 0. The highest BCUT2D eigenvalue weighted by atomic mass is 16.4. The molecular weight excluding hydrogens is 250 g/mol. The summed E-state index contributed by atoms with van der Waals surface area (Å²) in [5.74, 6) is -2.35. The molecule has 0 aromatic heterocycles. The number of carboxylic acids is 2. The van der Waals surface area contributed by atoms with Crippen LogP contribution in [0, 0.1) is 5.92 Å². The topological polar surface area (TPSA) is 104 Å². The Morgan fingerprint density at radius 3 is 2.26 bits per heavy atom. The average Bonchev–Trinajstić information content (AvgIpc) is 2.37. The molecule has 0 heterocycles. The average molecular weight is 271 g/mol. The molecule has 108 valence electrons. The minimum Gasteiger partial charge on any atom is -0.481 e. The van der Waals surface area contributed by atoms with Gasteiger partial charge in [-0.25, -0.2) is 4.79 Å². The van der Waals surface area contributed by atoms with Crippen molar-refractivity contribution in [2.24, 2.45) is 5.92 Å². The largest absolute Gasteiger partial charge is 0.481 e. The van der Waals surface area contributed by atoms with Crippen molar-refractivity contribution in [2.45, 2.75) is 57.4 Å². The van der Waals surface area contributed by atoms with Crippen molar-refractivity contribution in [1.29, 1.82) is 0 Å². The van der Waals surface area contributed by atoms with Crippen LogP contribution >= 0.6 is 0 Å². The summed E-state index contributed by atoms with van der Waals surface area (Å²) in [5, 5.41) is 20.1. The van der Waals surface area contributed by atoms with E-state index in [0.29, 0.717) is 0 Å². The number of aliphatic carboxylic acids is 2. The van der Waals surface area contributed by atoms with Gasteiger partial charge in [0.2, 0.25) is 5.91 Å². The van der Waals surface area contributed by atoms with Crippen molar-refractivity contribution in [3.8, 4) is 0 Å². The van der Waals surface area contributed by atoms with E-state index in [4.69, 9.17) is 10.2 Å². The molecule has 1 saturated carbocycles. The Bertz CT molecular complexity index is 336. The number of amides is 1. The molecule has 1 rings (SSSR count). The second kappa shape index (κ2) is 7.76. The zero-order valence-corrected chi connectivity index (χ0v) is 10.9. The summed E-state index contributed by atoms with van der Waals surface area (Å²) < 4.78 is 0. The van der Waals surface area contributed by atoms with Gasteiger partial charge in [0.1, 0.15) is 6.04 Å². The van der Waals surface area contributed by atoms with Crippen LogP contribution in [0.5, 0.6) is 0 Å². The van der Waals surface area contributed by atoms with E-state index in [2.05, 4.69) is 5.32 Å². The lowest BCUT2D eigenvalue weighted by atomic mass is 9.88. The lowest BCUT2D eigenvalue weighted by Gasteiger charge is -2.23. The van der Waals surface area contributed by atoms with E-state index >= 15 is 0 Å². The molecule has 0 radical (unpaired) electrons. The highest BCUT2D eigenvalue weighted by Gasteiger charge is 2.26. The maximum Gasteiger partial charge on any atom is 0.326 e. The van der Waals surface area contributed by atoms with Crippen molar-refractivity contribution >= 4 is 17.8 Å². The smallest absolute Gasteiger partial charge is 0.326 e. The van der Waals surface area contributed by atoms with Gasteiger partial charge < -0.3 is 15.5 Å². The molecule has 0 spiro atoms. The third-order valence-corrected chi connectivity index (χ3v) is 3.47. The Hall–Kier alpha value is -1.59. The Morgan fingerprint density at radius 1 is 1.11 bits per heavy atom. The van der Waals surface area contributed by atoms with E-state index in [0.717, 1.165) is 32.1 Å². The molecule has 3 N–H and O–H groups in total. The molecule has 1 amide bonds. The number of carbonyl (C=O) groups is 3. The molecule has 1 aliphatic rings. The van der Waals surface area contributed by atoms with Crippen molar-refractivity contribution in [3.63, 3.8) is 0 Å². The van der Waals surface area contributed by atoms with Gasteiger partial charge in [0, 0.05) is 12.3 Å². The first-order chi connectivity index (χ1) is 9.00. The molecule has 6 heteroatoms. The van der Waals surface area contributed by atoms with Crippen LogP contribution in [-0.4, -0.2) is 34.1 Å². The first-order valence-electron chi connectivity index (χ1n) is 6.75. The van der Waals surface area contributed by atoms with Crippen LogP contribution in [0.1, 0.15) is 51.4 Å². The maximum atomic E-state index is 11.9. The first kappa shape index (κ1) is 15.5.